The number of ether oxygens (including phenoxy) is 1. The minimum absolute atomic E-state index is 0.351. The van der Waals surface area contributed by atoms with Gasteiger partial charge in [0.1, 0.15) is 16.1 Å². The van der Waals surface area contributed by atoms with Crippen LogP contribution in [0, 0.1) is 0 Å². The van der Waals surface area contributed by atoms with E-state index in [1.165, 1.54) is 0 Å². The highest BCUT2D eigenvalue weighted by molar-refractivity contribution is 9.10. The Labute approximate surface area is 135 Å². The lowest BCUT2D eigenvalue weighted by Crippen LogP contribution is -2.13. The smallest absolute Gasteiger partial charge is 0.255 e. The molecule has 7 nitrogen and oxygen atoms in total. The standard InChI is InChI=1S/C14H15BrN6O/c1-22-7-6-17-13-11(15)12(16)19-14(20-13)21-10-5-3-2-4-9(10)8-18-21/h2-5,8H,6-7H2,1H3,(H3,16,17,19,20). The van der Waals surface area contributed by atoms with Crippen LogP contribution in [0.25, 0.3) is 16.9 Å². The van der Waals surface area contributed by atoms with E-state index in [1.54, 1.807) is 18.0 Å². The maximum absolute atomic E-state index is 5.97. The number of para-hydroxylation sites is 1. The summed E-state index contributed by atoms with van der Waals surface area (Å²) in [7, 11) is 1.65. The van der Waals surface area contributed by atoms with E-state index in [1.807, 2.05) is 24.3 Å². The fraction of sp³-hybridized carbons (Fsp3) is 0.214. The molecule has 2 aromatic heterocycles. The topological polar surface area (TPSA) is 90.9 Å². The molecule has 0 aliphatic carbocycles. The Bertz CT molecular complexity index is 803. The maximum Gasteiger partial charge on any atom is 0.255 e. The van der Waals surface area contributed by atoms with Crippen molar-refractivity contribution in [2.45, 2.75) is 0 Å². The Kier molecular flexibility index (Phi) is 4.21. The van der Waals surface area contributed by atoms with E-state index in [2.05, 4.69) is 36.3 Å². The van der Waals surface area contributed by atoms with Gasteiger partial charge in [-0.3, -0.25) is 0 Å². The first kappa shape index (κ1) is 14.7. The summed E-state index contributed by atoms with van der Waals surface area (Å²) in [6.07, 6.45) is 1.77. The van der Waals surface area contributed by atoms with Crippen LogP contribution in [0.4, 0.5) is 11.6 Å². The van der Waals surface area contributed by atoms with Crippen LogP contribution in [0.3, 0.4) is 0 Å². The van der Waals surface area contributed by atoms with E-state index >= 15 is 0 Å². The third kappa shape index (κ3) is 2.75. The minimum atomic E-state index is 0.351. The summed E-state index contributed by atoms with van der Waals surface area (Å²) in [6, 6.07) is 7.85. The Balaban J connectivity index is 2.03. The molecule has 0 amide bonds. The Morgan fingerprint density at radius 3 is 2.95 bits per heavy atom. The van der Waals surface area contributed by atoms with Gasteiger partial charge in [-0.2, -0.15) is 19.7 Å². The second-order valence-corrected chi connectivity index (χ2v) is 5.40. The molecule has 3 rings (SSSR count). The summed E-state index contributed by atoms with van der Waals surface area (Å²) in [5.74, 6) is 1.38. The van der Waals surface area contributed by atoms with Crippen molar-refractivity contribution >= 4 is 38.5 Å². The van der Waals surface area contributed by atoms with Crippen LogP contribution < -0.4 is 11.1 Å². The Hall–Kier alpha value is -2.19. The number of rotatable bonds is 5. The highest BCUT2D eigenvalue weighted by Crippen LogP contribution is 2.27. The average molecular weight is 363 g/mol. The van der Waals surface area contributed by atoms with Gasteiger partial charge in [0.05, 0.1) is 18.3 Å². The number of hydrogen-bond donors (Lipinski definition) is 2. The third-order valence-corrected chi connectivity index (χ3v) is 3.91. The fourth-order valence-electron chi connectivity index (χ4n) is 2.07. The van der Waals surface area contributed by atoms with Gasteiger partial charge in [0, 0.05) is 19.0 Å². The van der Waals surface area contributed by atoms with Crippen molar-refractivity contribution in [3.63, 3.8) is 0 Å². The number of anilines is 2. The van der Waals surface area contributed by atoms with Gasteiger partial charge >= 0.3 is 0 Å². The molecule has 2 heterocycles. The molecule has 0 saturated carbocycles. The first-order chi connectivity index (χ1) is 10.7. The largest absolute Gasteiger partial charge is 0.383 e. The molecule has 0 unspecified atom stereocenters. The molecule has 1 aromatic carbocycles. The molecule has 0 aliphatic rings. The lowest BCUT2D eigenvalue weighted by atomic mass is 10.3. The molecule has 114 valence electrons. The number of nitrogens with one attached hydrogen (secondary N) is 1. The first-order valence-corrected chi connectivity index (χ1v) is 7.49. The van der Waals surface area contributed by atoms with Crippen LogP contribution in [-0.4, -0.2) is 40.0 Å². The summed E-state index contributed by atoms with van der Waals surface area (Å²) in [5.41, 5.74) is 6.89. The quantitative estimate of drug-likeness (QED) is 0.676. The van der Waals surface area contributed by atoms with E-state index in [0.29, 0.717) is 35.2 Å². The zero-order chi connectivity index (χ0) is 15.5. The molecule has 0 atom stereocenters. The van der Waals surface area contributed by atoms with Crippen LogP contribution >= 0.6 is 15.9 Å². The monoisotopic (exact) mass is 362 g/mol. The van der Waals surface area contributed by atoms with E-state index in [0.717, 1.165) is 10.9 Å². The molecule has 22 heavy (non-hydrogen) atoms. The fourth-order valence-corrected chi connectivity index (χ4v) is 2.38. The van der Waals surface area contributed by atoms with Gasteiger partial charge in [0.2, 0.25) is 0 Å². The van der Waals surface area contributed by atoms with Gasteiger partial charge < -0.3 is 15.8 Å². The summed E-state index contributed by atoms with van der Waals surface area (Å²) < 4.78 is 7.32. The second-order valence-electron chi connectivity index (χ2n) is 4.61. The average Bonchev–Trinajstić information content (AvgIpc) is 2.95. The minimum Gasteiger partial charge on any atom is -0.383 e. The molecule has 0 bridgehead atoms. The molecule has 0 radical (unpaired) electrons. The van der Waals surface area contributed by atoms with Gasteiger partial charge in [-0.1, -0.05) is 18.2 Å². The lowest BCUT2D eigenvalue weighted by molar-refractivity contribution is 0.210. The van der Waals surface area contributed by atoms with Gasteiger partial charge in [0.15, 0.2) is 0 Å². The lowest BCUT2D eigenvalue weighted by Gasteiger charge is -2.11. The van der Waals surface area contributed by atoms with Crippen molar-refractivity contribution in [3.05, 3.63) is 34.9 Å². The maximum atomic E-state index is 5.97. The second kappa shape index (κ2) is 6.29. The van der Waals surface area contributed by atoms with Crippen molar-refractivity contribution in [2.75, 3.05) is 31.3 Å². The van der Waals surface area contributed by atoms with Crippen molar-refractivity contribution < 1.29 is 4.74 Å². The molecule has 3 aromatic rings. The molecule has 0 aliphatic heterocycles. The van der Waals surface area contributed by atoms with Crippen LogP contribution in [0.2, 0.25) is 0 Å². The van der Waals surface area contributed by atoms with Crippen molar-refractivity contribution in [1.82, 2.24) is 19.7 Å². The number of nitrogen functional groups attached to an aromatic ring is 1. The summed E-state index contributed by atoms with van der Waals surface area (Å²) in [4.78, 5) is 8.80. The highest BCUT2D eigenvalue weighted by atomic mass is 79.9. The van der Waals surface area contributed by atoms with Gasteiger partial charge in [-0.25, -0.2) is 0 Å². The van der Waals surface area contributed by atoms with E-state index in [9.17, 15) is 0 Å². The van der Waals surface area contributed by atoms with Crippen LogP contribution in [0.15, 0.2) is 34.9 Å². The first-order valence-electron chi connectivity index (χ1n) is 6.69. The molecule has 8 heteroatoms. The molecule has 0 saturated heterocycles. The Morgan fingerprint density at radius 1 is 1.32 bits per heavy atom. The molecular weight excluding hydrogens is 348 g/mol. The Morgan fingerprint density at radius 2 is 2.14 bits per heavy atom. The molecule has 0 spiro atoms. The number of aromatic nitrogens is 4. The van der Waals surface area contributed by atoms with Gasteiger partial charge in [0.25, 0.3) is 5.95 Å². The number of benzene rings is 1. The van der Waals surface area contributed by atoms with Gasteiger partial charge in [-0.15, -0.1) is 0 Å². The summed E-state index contributed by atoms with van der Waals surface area (Å²) in [5, 5.41) is 8.52. The highest BCUT2D eigenvalue weighted by Gasteiger charge is 2.13. The van der Waals surface area contributed by atoms with E-state index < -0.39 is 0 Å². The SMILES string of the molecule is COCCNc1nc(-n2ncc3ccccc32)nc(N)c1Br. The summed E-state index contributed by atoms with van der Waals surface area (Å²) in [6.45, 7) is 1.18. The van der Waals surface area contributed by atoms with Crippen LogP contribution in [0.5, 0.6) is 0 Å². The van der Waals surface area contributed by atoms with E-state index in [4.69, 9.17) is 10.5 Å². The van der Waals surface area contributed by atoms with Crippen molar-refractivity contribution in [1.29, 1.82) is 0 Å². The van der Waals surface area contributed by atoms with Gasteiger partial charge in [-0.05, 0) is 22.0 Å². The van der Waals surface area contributed by atoms with Crippen molar-refractivity contribution in [2.24, 2.45) is 0 Å². The third-order valence-electron chi connectivity index (χ3n) is 3.13. The molecule has 0 fully saturated rings. The zero-order valence-electron chi connectivity index (χ0n) is 12.0. The van der Waals surface area contributed by atoms with Crippen molar-refractivity contribution in [3.8, 4) is 5.95 Å². The van der Waals surface area contributed by atoms with E-state index in [-0.39, 0.29) is 0 Å². The number of methoxy groups -OCH3 is 1. The number of fused-ring (bicyclic) bond motifs is 1. The zero-order valence-corrected chi connectivity index (χ0v) is 13.5. The van der Waals surface area contributed by atoms with Crippen LogP contribution in [0.1, 0.15) is 0 Å². The van der Waals surface area contributed by atoms with Crippen LogP contribution in [-0.2, 0) is 4.74 Å². The number of halogens is 1. The summed E-state index contributed by atoms with van der Waals surface area (Å²) >= 11 is 3.40. The number of nitrogens with zero attached hydrogens (tertiary/aromatic N) is 4. The normalized spacial score (nSPS) is 11.0. The predicted octanol–water partition coefficient (Wildman–Crippen LogP) is 2.22. The predicted molar refractivity (Wildman–Crippen MR) is 89.1 cm³/mol. The molecular formula is C14H15BrN6O. The number of nitrogens with two attached hydrogens (primary N) is 1. The number of hydrogen-bond acceptors (Lipinski definition) is 6. The molecule has 3 N–H and O–H groups in total.